The number of hydrogen-bond acceptors (Lipinski definition) is 6. The van der Waals surface area contributed by atoms with Gasteiger partial charge in [0.1, 0.15) is 17.6 Å². The number of nitrogens with zero attached hydrogens (tertiary/aromatic N) is 1. The van der Waals surface area contributed by atoms with Crippen molar-refractivity contribution < 1.29 is 24.2 Å². The summed E-state index contributed by atoms with van der Waals surface area (Å²) in [5, 5.41) is 13.4. The number of aliphatic hydroxyl groups excluding tert-OH is 1. The zero-order valence-electron chi connectivity index (χ0n) is 15.5. The fourth-order valence-electron chi connectivity index (χ4n) is 3.14. The minimum absolute atomic E-state index is 0.119. The quantitative estimate of drug-likeness (QED) is 0.860. The predicted octanol–water partition coefficient (Wildman–Crippen LogP) is 2.41. The van der Waals surface area contributed by atoms with E-state index in [1.807, 2.05) is 0 Å². The molecule has 27 heavy (non-hydrogen) atoms. The molecule has 3 rings (SSSR count). The Morgan fingerprint density at radius 2 is 1.85 bits per heavy atom. The smallest absolute Gasteiger partial charge is 0.257 e. The molecule has 0 saturated carbocycles. The number of carbonyl (C=O) groups is 2. The first kappa shape index (κ1) is 18.6. The molecule has 1 unspecified atom stereocenters. The van der Waals surface area contributed by atoms with E-state index in [9.17, 15) is 14.7 Å². The summed E-state index contributed by atoms with van der Waals surface area (Å²) < 4.78 is 10.6. The highest BCUT2D eigenvalue weighted by Crippen LogP contribution is 2.35. The molecule has 7 heteroatoms. The Hall–Kier alpha value is -3.19. The van der Waals surface area contributed by atoms with Crippen LogP contribution in [0, 0.1) is 0 Å². The zero-order chi connectivity index (χ0) is 19.7. The average molecular weight is 368 g/mol. The molecule has 2 heterocycles. The summed E-state index contributed by atoms with van der Waals surface area (Å²) in [6, 6.07) is 8.51. The van der Waals surface area contributed by atoms with Gasteiger partial charge in [-0.25, -0.2) is 4.98 Å². The van der Waals surface area contributed by atoms with Gasteiger partial charge in [-0.2, -0.15) is 0 Å². The summed E-state index contributed by atoms with van der Waals surface area (Å²) in [6.07, 6.45) is -1.30. The van der Waals surface area contributed by atoms with Gasteiger partial charge < -0.3 is 19.9 Å². The summed E-state index contributed by atoms with van der Waals surface area (Å²) in [7, 11) is 3.09. The first-order valence-electron chi connectivity index (χ1n) is 8.31. The lowest BCUT2D eigenvalue weighted by atomic mass is 9.98. The third-order valence-corrected chi connectivity index (χ3v) is 4.47. The Balaban J connectivity index is 2.17. The molecule has 140 valence electrons. The van der Waals surface area contributed by atoms with Crippen LogP contribution in [0.4, 0.5) is 0 Å². The lowest BCUT2D eigenvalue weighted by Crippen LogP contribution is -2.22. The molecule has 1 aromatic carbocycles. The standard InChI is InChI=1S/C20H20N2O5/c1-10-17(11(2)23)19(24)18-14(20(25)21-10)7-8-15(22-18)13-6-5-12(26-3)9-16(13)27-4/h5-9,19,24H,1-4H3,(H,21,25). The lowest BCUT2D eigenvalue weighted by molar-refractivity contribution is -0.114. The van der Waals surface area contributed by atoms with E-state index in [1.54, 1.807) is 44.4 Å². The molecular formula is C20H20N2O5. The molecule has 0 saturated heterocycles. The van der Waals surface area contributed by atoms with E-state index in [0.29, 0.717) is 28.5 Å². The van der Waals surface area contributed by atoms with Crippen LogP contribution in [-0.2, 0) is 4.79 Å². The molecule has 1 aromatic heterocycles. The number of aromatic nitrogens is 1. The van der Waals surface area contributed by atoms with Crippen LogP contribution in [0.1, 0.15) is 36.0 Å². The van der Waals surface area contributed by atoms with Gasteiger partial charge in [-0.05, 0) is 38.1 Å². The second-order valence-electron chi connectivity index (χ2n) is 6.15. The van der Waals surface area contributed by atoms with Gasteiger partial charge in [0.25, 0.3) is 5.91 Å². The fraction of sp³-hybridized carbons (Fsp3) is 0.250. The van der Waals surface area contributed by atoms with Gasteiger partial charge in [-0.1, -0.05) is 0 Å². The summed E-state index contributed by atoms with van der Waals surface area (Å²) in [6.45, 7) is 2.92. The van der Waals surface area contributed by atoms with Gasteiger partial charge in [0.2, 0.25) is 0 Å². The van der Waals surface area contributed by atoms with Crippen LogP contribution in [0.5, 0.6) is 11.5 Å². The molecule has 1 amide bonds. The number of ether oxygens (including phenoxy) is 2. The number of hydrogen-bond donors (Lipinski definition) is 2. The molecule has 2 N–H and O–H groups in total. The van der Waals surface area contributed by atoms with Crippen LogP contribution in [-0.4, -0.2) is 36.0 Å². The number of amides is 1. The van der Waals surface area contributed by atoms with Crippen LogP contribution >= 0.6 is 0 Å². The van der Waals surface area contributed by atoms with Crippen molar-refractivity contribution in [2.45, 2.75) is 20.0 Å². The number of benzene rings is 1. The Labute approximate surface area is 156 Å². The van der Waals surface area contributed by atoms with Gasteiger partial charge in [0.15, 0.2) is 5.78 Å². The van der Waals surface area contributed by atoms with Gasteiger partial charge in [0.05, 0.1) is 31.2 Å². The van der Waals surface area contributed by atoms with Crippen molar-refractivity contribution >= 4 is 11.7 Å². The average Bonchev–Trinajstić information content (AvgIpc) is 2.75. The van der Waals surface area contributed by atoms with Crippen molar-refractivity contribution in [3.8, 4) is 22.8 Å². The second-order valence-corrected chi connectivity index (χ2v) is 6.15. The number of aliphatic hydroxyl groups is 1. The minimum atomic E-state index is -1.30. The number of pyridine rings is 1. The largest absolute Gasteiger partial charge is 0.497 e. The SMILES string of the molecule is COc1ccc(-c2ccc3c(n2)C(O)C(C(C)=O)=C(C)NC3=O)c(OC)c1. The molecule has 0 bridgehead atoms. The molecule has 7 nitrogen and oxygen atoms in total. The number of rotatable bonds is 4. The first-order valence-corrected chi connectivity index (χ1v) is 8.31. The van der Waals surface area contributed by atoms with Crippen LogP contribution in [0.3, 0.4) is 0 Å². The number of carbonyl (C=O) groups excluding carboxylic acids is 2. The maximum atomic E-state index is 12.4. The van der Waals surface area contributed by atoms with Gasteiger partial charge in [-0.3, -0.25) is 9.59 Å². The number of allylic oxidation sites excluding steroid dienone is 1. The third-order valence-electron chi connectivity index (χ3n) is 4.47. The molecule has 0 spiro atoms. The molecule has 2 aromatic rings. The zero-order valence-corrected chi connectivity index (χ0v) is 15.5. The molecule has 1 aliphatic heterocycles. The number of ketones is 1. The highest BCUT2D eigenvalue weighted by Gasteiger charge is 2.31. The van der Waals surface area contributed by atoms with E-state index in [-0.39, 0.29) is 22.6 Å². The molecular weight excluding hydrogens is 348 g/mol. The van der Waals surface area contributed by atoms with Crippen molar-refractivity contribution in [2.24, 2.45) is 0 Å². The summed E-state index contributed by atoms with van der Waals surface area (Å²) >= 11 is 0. The van der Waals surface area contributed by atoms with E-state index in [4.69, 9.17) is 9.47 Å². The Bertz CT molecular complexity index is 965. The summed E-state index contributed by atoms with van der Waals surface area (Å²) in [5.74, 6) is 0.413. The van der Waals surface area contributed by atoms with E-state index >= 15 is 0 Å². The van der Waals surface area contributed by atoms with E-state index in [2.05, 4.69) is 10.3 Å². The van der Waals surface area contributed by atoms with E-state index < -0.39 is 12.0 Å². The monoisotopic (exact) mass is 368 g/mol. The van der Waals surface area contributed by atoms with Crippen molar-refractivity contribution in [2.75, 3.05) is 14.2 Å². The highest BCUT2D eigenvalue weighted by atomic mass is 16.5. The fourth-order valence-corrected chi connectivity index (χ4v) is 3.14. The maximum Gasteiger partial charge on any atom is 0.257 e. The number of Topliss-reactive ketones (excluding diaryl/α,β-unsaturated/α-hetero) is 1. The summed E-state index contributed by atoms with van der Waals surface area (Å²) in [5.41, 5.74) is 1.96. The van der Waals surface area contributed by atoms with Crippen molar-refractivity contribution in [1.29, 1.82) is 0 Å². The van der Waals surface area contributed by atoms with E-state index in [1.165, 1.54) is 14.0 Å². The van der Waals surface area contributed by atoms with Crippen LogP contribution in [0.25, 0.3) is 11.3 Å². The summed E-state index contributed by atoms with van der Waals surface area (Å²) in [4.78, 5) is 28.9. The third kappa shape index (κ3) is 3.29. The molecule has 0 aliphatic carbocycles. The van der Waals surface area contributed by atoms with Gasteiger partial charge >= 0.3 is 0 Å². The first-order chi connectivity index (χ1) is 12.9. The Morgan fingerprint density at radius 1 is 1.15 bits per heavy atom. The number of nitrogens with one attached hydrogen (secondary N) is 1. The molecule has 1 aliphatic rings. The minimum Gasteiger partial charge on any atom is -0.497 e. The van der Waals surface area contributed by atoms with Gasteiger partial charge in [-0.15, -0.1) is 0 Å². The van der Waals surface area contributed by atoms with Crippen molar-refractivity contribution in [1.82, 2.24) is 10.3 Å². The van der Waals surface area contributed by atoms with Crippen molar-refractivity contribution in [3.63, 3.8) is 0 Å². The second kappa shape index (κ2) is 7.20. The lowest BCUT2D eigenvalue weighted by Gasteiger charge is -2.15. The maximum absolute atomic E-state index is 12.4. The number of fused-ring (bicyclic) bond motifs is 1. The molecule has 0 fully saturated rings. The van der Waals surface area contributed by atoms with Crippen molar-refractivity contribution in [3.05, 3.63) is 52.9 Å². The Kier molecular flexibility index (Phi) is 4.96. The normalized spacial score (nSPS) is 16.3. The van der Waals surface area contributed by atoms with Gasteiger partial charge in [0, 0.05) is 22.9 Å². The molecule has 1 atom stereocenters. The number of methoxy groups -OCH3 is 2. The Morgan fingerprint density at radius 3 is 2.48 bits per heavy atom. The van der Waals surface area contributed by atoms with Crippen LogP contribution in [0.2, 0.25) is 0 Å². The highest BCUT2D eigenvalue weighted by molar-refractivity contribution is 6.02. The van der Waals surface area contributed by atoms with Crippen LogP contribution in [0.15, 0.2) is 41.6 Å². The van der Waals surface area contributed by atoms with E-state index in [0.717, 1.165) is 0 Å². The predicted molar refractivity (Wildman–Crippen MR) is 98.6 cm³/mol. The topological polar surface area (TPSA) is 97.8 Å². The van der Waals surface area contributed by atoms with Crippen LogP contribution < -0.4 is 14.8 Å². The molecule has 0 radical (unpaired) electrons.